The first-order valence-corrected chi connectivity index (χ1v) is 6.92. The van der Waals surface area contributed by atoms with Gasteiger partial charge in [0.15, 0.2) is 11.6 Å². The standard InChI is InChI=1S/C15H15F2NO4/c16-9-2-1-7(3-10(9)17)5-22-11-4-8-12(14(20)21)13(8)15(11,18)6-19/h1-3,6,8,11-13H,4-5,18H2,(H,20,21)/t8-,11+,12-,13-,15-/m0/s1. The van der Waals surface area contributed by atoms with E-state index in [1.807, 2.05) is 0 Å². The van der Waals surface area contributed by atoms with Crippen molar-refractivity contribution in [3.8, 4) is 0 Å². The third-order valence-corrected chi connectivity index (χ3v) is 4.71. The molecule has 2 saturated carbocycles. The van der Waals surface area contributed by atoms with E-state index in [0.717, 1.165) is 12.1 Å². The molecular formula is C15H15F2NO4. The average molecular weight is 311 g/mol. The molecule has 0 aliphatic heterocycles. The van der Waals surface area contributed by atoms with Crippen LogP contribution in [-0.2, 0) is 20.9 Å². The fraction of sp³-hybridized carbons (Fsp3) is 0.467. The number of hydrogen-bond donors (Lipinski definition) is 2. The van der Waals surface area contributed by atoms with Gasteiger partial charge in [0.1, 0.15) is 11.8 Å². The second-order valence-electron chi connectivity index (χ2n) is 5.96. The summed E-state index contributed by atoms with van der Waals surface area (Å²) in [5, 5.41) is 9.05. The van der Waals surface area contributed by atoms with Gasteiger partial charge in [-0.2, -0.15) is 0 Å². The van der Waals surface area contributed by atoms with Crippen LogP contribution in [0.5, 0.6) is 0 Å². The fourth-order valence-corrected chi connectivity index (χ4v) is 3.54. The van der Waals surface area contributed by atoms with Crippen LogP contribution < -0.4 is 5.73 Å². The lowest BCUT2D eigenvalue weighted by atomic mass is 9.90. The highest BCUT2D eigenvalue weighted by atomic mass is 19.2. The van der Waals surface area contributed by atoms with Gasteiger partial charge < -0.3 is 20.4 Å². The van der Waals surface area contributed by atoms with Crippen molar-refractivity contribution >= 4 is 12.3 Å². The maximum atomic E-state index is 13.1. The Labute approximate surface area is 125 Å². The lowest BCUT2D eigenvalue weighted by Gasteiger charge is -2.29. The van der Waals surface area contributed by atoms with Crippen LogP contribution in [0.4, 0.5) is 8.78 Å². The molecule has 2 fully saturated rings. The van der Waals surface area contributed by atoms with Crippen LogP contribution >= 0.6 is 0 Å². The molecule has 0 heterocycles. The number of carbonyl (C=O) groups is 2. The zero-order chi connectivity index (χ0) is 16.1. The topological polar surface area (TPSA) is 89.6 Å². The molecular weight excluding hydrogens is 296 g/mol. The van der Waals surface area contributed by atoms with Crippen LogP contribution in [0.3, 0.4) is 0 Å². The number of aldehydes is 1. The van der Waals surface area contributed by atoms with Crippen LogP contribution in [0.2, 0.25) is 0 Å². The zero-order valence-electron chi connectivity index (χ0n) is 11.5. The largest absolute Gasteiger partial charge is 0.481 e. The van der Waals surface area contributed by atoms with Gasteiger partial charge >= 0.3 is 5.97 Å². The van der Waals surface area contributed by atoms with Crippen molar-refractivity contribution in [2.75, 3.05) is 0 Å². The van der Waals surface area contributed by atoms with Crippen molar-refractivity contribution in [1.29, 1.82) is 0 Å². The van der Waals surface area contributed by atoms with E-state index < -0.39 is 41.1 Å². The van der Waals surface area contributed by atoms with E-state index in [9.17, 15) is 18.4 Å². The summed E-state index contributed by atoms with van der Waals surface area (Å²) in [6.45, 7) is -0.0220. The van der Waals surface area contributed by atoms with Gasteiger partial charge in [0.2, 0.25) is 0 Å². The number of hydrogen-bond acceptors (Lipinski definition) is 4. The normalized spacial score (nSPS) is 36.0. The quantitative estimate of drug-likeness (QED) is 0.795. The maximum Gasteiger partial charge on any atom is 0.307 e. The summed E-state index contributed by atoms with van der Waals surface area (Å²) in [4.78, 5) is 22.4. The molecule has 22 heavy (non-hydrogen) atoms. The number of carboxylic acid groups (broad SMARTS) is 1. The first-order chi connectivity index (χ1) is 10.4. The molecule has 7 heteroatoms. The van der Waals surface area contributed by atoms with E-state index >= 15 is 0 Å². The third-order valence-electron chi connectivity index (χ3n) is 4.71. The molecule has 1 aromatic rings. The maximum absolute atomic E-state index is 13.1. The first kappa shape index (κ1) is 15.1. The van der Waals surface area contributed by atoms with Gasteiger partial charge in [0, 0.05) is 5.92 Å². The Morgan fingerprint density at radius 1 is 1.45 bits per heavy atom. The summed E-state index contributed by atoms with van der Waals surface area (Å²) in [6.07, 6.45) is 0.306. The number of nitrogens with two attached hydrogens (primary N) is 1. The van der Waals surface area contributed by atoms with E-state index in [2.05, 4.69) is 0 Å². The molecule has 0 aromatic heterocycles. The highest BCUT2D eigenvalue weighted by molar-refractivity contribution is 5.80. The predicted octanol–water partition coefficient (Wildman–Crippen LogP) is 1.10. The van der Waals surface area contributed by atoms with E-state index in [1.54, 1.807) is 0 Å². The Kier molecular flexibility index (Phi) is 3.49. The molecule has 118 valence electrons. The number of rotatable bonds is 5. The first-order valence-electron chi connectivity index (χ1n) is 6.92. The fourth-order valence-electron chi connectivity index (χ4n) is 3.54. The molecule has 3 rings (SSSR count). The molecule has 0 unspecified atom stereocenters. The molecule has 5 nitrogen and oxygen atoms in total. The molecule has 0 radical (unpaired) electrons. The summed E-state index contributed by atoms with van der Waals surface area (Å²) < 4.78 is 31.6. The van der Waals surface area contributed by atoms with Gasteiger partial charge in [-0.3, -0.25) is 4.79 Å². The van der Waals surface area contributed by atoms with Crippen LogP contribution in [-0.4, -0.2) is 29.0 Å². The number of ether oxygens (including phenoxy) is 1. The minimum Gasteiger partial charge on any atom is -0.481 e. The van der Waals surface area contributed by atoms with Gasteiger partial charge in [-0.1, -0.05) is 6.07 Å². The highest BCUT2D eigenvalue weighted by Crippen LogP contribution is 2.61. The van der Waals surface area contributed by atoms with E-state index in [-0.39, 0.29) is 12.5 Å². The summed E-state index contributed by atoms with van der Waals surface area (Å²) in [7, 11) is 0. The molecule has 0 bridgehead atoms. The second kappa shape index (κ2) is 5.10. The Balaban J connectivity index is 1.68. The van der Waals surface area contributed by atoms with Crippen molar-refractivity contribution < 1.29 is 28.2 Å². The monoisotopic (exact) mass is 311 g/mol. The molecule has 3 N–H and O–H groups in total. The summed E-state index contributed by atoms with van der Waals surface area (Å²) in [6, 6.07) is 3.40. The van der Waals surface area contributed by atoms with Crippen LogP contribution in [0.25, 0.3) is 0 Å². The molecule has 0 amide bonds. The number of carboxylic acids is 1. The van der Waals surface area contributed by atoms with Crippen molar-refractivity contribution in [2.24, 2.45) is 23.5 Å². The van der Waals surface area contributed by atoms with Crippen molar-refractivity contribution in [3.63, 3.8) is 0 Å². The van der Waals surface area contributed by atoms with Gasteiger partial charge in [-0.25, -0.2) is 8.78 Å². The summed E-state index contributed by atoms with van der Waals surface area (Å²) in [5.41, 5.74) is 5.12. The molecule has 2 aliphatic rings. The number of aliphatic carboxylic acids is 1. The molecule has 5 atom stereocenters. The smallest absolute Gasteiger partial charge is 0.307 e. The third kappa shape index (κ3) is 2.21. The van der Waals surface area contributed by atoms with Gasteiger partial charge in [-0.05, 0) is 30.0 Å². The Hall–Kier alpha value is -1.86. The number of fused-ring (bicyclic) bond motifs is 1. The summed E-state index contributed by atoms with van der Waals surface area (Å²) in [5.74, 6) is -4.06. The SMILES string of the molecule is N[C@]1(C=O)[C@H]2[C@@H](C[C@H]1OCc1ccc(F)c(F)c1)[C@@H]2C(=O)O. The van der Waals surface area contributed by atoms with E-state index in [1.165, 1.54) is 6.07 Å². The Morgan fingerprint density at radius 3 is 2.77 bits per heavy atom. The Morgan fingerprint density at radius 2 is 2.18 bits per heavy atom. The van der Waals surface area contributed by atoms with Gasteiger partial charge in [0.25, 0.3) is 0 Å². The van der Waals surface area contributed by atoms with Crippen molar-refractivity contribution in [1.82, 2.24) is 0 Å². The van der Waals surface area contributed by atoms with Gasteiger partial charge in [-0.15, -0.1) is 0 Å². The zero-order valence-corrected chi connectivity index (χ0v) is 11.5. The average Bonchev–Trinajstić information content (AvgIpc) is 3.14. The summed E-state index contributed by atoms with van der Waals surface area (Å²) >= 11 is 0. The number of carbonyl (C=O) groups excluding carboxylic acids is 1. The van der Waals surface area contributed by atoms with Crippen LogP contribution in [0, 0.1) is 29.4 Å². The van der Waals surface area contributed by atoms with Crippen LogP contribution in [0.1, 0.15) is 12.0 Å². The van der Waals surface area contributed by atoms with Crippen molar-refractivity contribution in [2.45, 2.75) is 24.7 Å². The van der Waals surface area contributed by atoms with Crippen molar-refractivity contribution in [3.05, 3.63) is 35.4 Å². The van der Waals surface area contributed by atoms with E-state index in [0.29, 0.717) is 18.3 Å². The molecule has 2 aliphatic carbocycles. The number of benzene rings is 1. The van der Waals surface area contributed by atoms with Crippen LogP contribution in [0.15, 0.2) is 18.2 Å². The minimum absolute atomic E-state index is 0.0220. The Bertz CT molecular complexity index is 638. The molecule has 1 aromatic carbocycles. The highest BCUT2D eigenvalue weighted by Gasteiger charge is 2.71. The lowest BCUT2D eigenvalue weighted by Crippen LogP contribution is -2.54. The molecule has 0 saturated heterocycles. The predicted molar refractivity (Wildman–Crippen MR) is 70.6 cm³/mol. The number of halogens is 2. The van der Waals surface area contributed by atoms with Gasteiger partial charge in [0.05, 0.1) is 18.6 Å². The minimum atomic E-state index is -1.34. The second-order valence-corrected chi connectivity index (χ2v) is 5.96. The lowest BCUT2D eigenvalue weighted by molar-refractivity contribution is -0.140. The molecule has 0 spiro atoms. The van der Waals surface area contributed by atoms with E-state index in [4.69, 9.17) is 15.6 Å².